The van der Waals surface area contributed by atoms with E-state index in [9.17, 15) is 4.79 Å². The first-order valence-corrected chi connectivity index (χ1v) is 10.5. The van der Waals surface area contributed by atoms with Crippen LogP contribution in [0.5, 0.6) is 5.75 Å². The fraction of sp³-hybridized carbons (Fsp3) is 0.458. The average Bonchev–Trinajstić information content (AvgIpc) is 2.73. The van der Waals surface area contributed by atoms with Crippen molar-refractivity contribution < 1.29 is 9.53 Å². The van der Waals surface area contributed by atoms with Crippen LogP contribution >= 0.6 is 0 Å². The molecule has 1 aliphatic rings. The Morgan fingerprint density at radius 1 is 1.04 bits per heavy atom. The maximum Gasteiger partial charge on any atom is 0.221 e. The number of carbonyl (C=O) groups is 1. The fourth-order valence-electron chi connectivity index (χ4n) is 3.89. The highest BCUT2D eigenvalue weighted by Gasteiger charge is 2.23. The van der Waals surface area contributed by atoms with Crippen LogP contribution in [0, 0.1) is 5.92 Å². The Hall–Kier alpha value is -2.33. The van der Waals surface area contributed by atoms with Crippen LogP contribution in [0.1, 0.15) is 36.8 Å². The number of piperidine rings is 1. The smallest absolute Gasteiger partial charge is 0.221 e. The Balaban J connectivity index is 1.38. The maximum absolute atomic E-state index is 11.4. The van der Waals surface area contributed by atoms with Crippen molar-refractivity contribution in [3.8, 4) is 5.75 Å². The average molecular weight is 381 g/mol. The first kappa shape index (κ1) is 20.4. The zero-order valence-corrected chi connectivity index (χ0v) is 16.7. The van der Waals surface area contributed by atoms with Crippen molar-refractivity contribution >= 4 is 5.91 Å². The number of hydrogen-bond acceptors (Lipinski definition) is 3. The van der Waals surface area contributed by atoms with Crippen molar-refractivity contribution in [2.45, 2.75) is 38.5 Å². The minimum absolute atomic E-state index is 0.0292. The molecule has 0 bridgehead atoms. The van der Waals surface area contributed by atoms with Gasteiger partial charge in [0.05, 0.1) is 12.5 Å². The van der Waals surface area contributed by atoms with E-state index in [0.29, 0.717) is 0 Å². The summed E-state index contributed by atoms with van der Waals surface area (Å²) in [6, 6.07) is 18.9. The van der Waals surface area contributed by atoms with E-state index >= 15 is 0 Å². The number of nitrogens with two attached hydrogens (primary N) is 1. The number of unbranched alkanes of at least 4 members (excludes halogenated alkanes) is 1. The van der Waals surface area contributed by atoms with Crippen molar-refractivity contribution in [3.63, 3.8) is 0 Å². The Morgan fingerprint density at radius 3 is 2.64 bits per heavy atom. The largest absolute Gasteiger partial charge is 0.493 e. The molecule has 4 heteroatoms. The lowest BCUT2D eigenvalue weighted by atomic mass is 9.97. The summed E-state index contributed by atoms with van der Waals surface area (Å²) in [5, 5.41) is 0. The number of benzene rings is 2. The molecule has 0 radical (unpaired) electrons. The molecule has 1 aliphatic heterocycles. The third-order valence-electron chi connectivity index (χ3n) is 5.53. The summed E-state index contributed by atoms with van der Waals surface area (Å²) >= 11 is 0. The standard InChI is InChI=1S/C24H32N2O2/c25-24(27)22-12-8-17-26(19-22)16-6-7-18-28-23-13-5-4-11-21(23)15-14-20-9-2-1-3-10-20/h1-5,9-11,13,22H,6-8,12,14-19H2,(H2,25,27). The van der Waals surface area contributed by atoms with Crippen molar-refractivity contribution in [3.05, 3.63) is 65.7 Å². The van der Waals surface area contributed by atoms with Crippen LogP contribution in [-0.4, -0.2) is 37.0 Å². The van der Waals surface area contributed by atoms with Gasteiger partial charge in [-0.1, -0.05) is 48.5 Å². The number of likely N-dealkylation sites (tertiary alicyclic amines) is 1. The Kier molecular flexibility index (Phi) is 7.92. The SMILES string of the molecule is NC(=O)C1CCCN(CCCCOc2ccccc2CCc2ccccc2)C1. The van der Waals surface area contributed by atoms with E-state index < -0.39 is 0 Å². The summed E-state index contributed by atoms with van der Waals surface area (Å²) in [4.78, 5) is 13.8. The molecule has 0 saturated carbocycles. The van der Waals surface area contributed by atoms with E-state index in [4.69, 9.17) is 10.5 Å². The second kappa shape index (κ2) is 10.9. The van der Waals surface area contributed by atoms with Gasteiger partial charge >= 0.3 is 0 Å². The van der Waals surface area contributed by atoms with Gasteiger partial charge in [0.15, 0.2) is 0 Å². The Morgan fingerprint density at radius 2 is 1.82 bits per heavy atom. The molecule has 1 fully saturated rings. The number of nitrogens with zero attached hydrogens (tertiary/aromatic N) is 1. The molecular weight excluding hydrogens is 348 g/mol. The first-order chi connectivity index (χ1) is 13.7. The van der Waals surface area contributed by atoms with Crippen molar-refractivity contribution in [2.75, 3.05) is 26.2 Å². The molecule has 2 aromatic rings. The van der Waals surface area contributed by atoms with Gasteiger partial charge in [0, 0.05) is 6.54 Å². The molecular formula is C24H32N2O2. The number of ether oxygens (including phenoxy) is 1. The molecule has 1 unspecified atom stereocenters. The van der Waals surface area contributed by atoms with Crippen LogP contribution in [0.3, 0.4) is 0 Å². The molecule has 1 atom stereocenters. The lowest BCUT2D eigenvalue weighted by Crippen LogP contribution is -2.41. The Bertz CT molecular complexity index is 732. The van der Waals surface area contributed by atoms with Crippen molar-refractivity contribution in [1.82, 2.24) is 4.90 Å². The normalized spacial score (nSPS) is 17.4. The molecule has 3 rings (SSSR count). The van der Waals surface area contributed by atoms with E-state index in [1.807, 2.05) is 6.07 Å². The third-order valence-corrected chi connectivity index (χ3v) is 5.53. The van der Waals surface area contributed by atoms with Gasteiger partial charge in [0.25, 0.3) is 0 Å². The van der Waals surface area contributed by atoms with Gasteiger partial charge in [0.2, 0.25) is 5.91 Å². The van der Waals surface area contributed by atoms with Gasteiger partial charge < -0.3 is 15.4 Å². The molecule has 28 heavy (non-hydrogen) atoms. The maximum atomic E-state index is 11.4. The second-order valence-electron chi connectivity index (χ2n) is 7.69. The van der Waals surface area contributed by atoms with Crippen LogP contribution in [0.15, 0.2) is 54.6 Å². The molecule has 1 heterocycles. The number of carbonyl (C=O) groups excluding carboxylic acids is 1. The number of primary amides is 1. The molecule has 1 saturated heterocycles. The van der Waals surface area contributed by atoms with E-state index in [0.717, 1.165) is 70.5 Å². The zero-order chi connectivity index (χ0) is 19.6. The topological polar surface area (TPSA) is 55.6 Å². The van der Waals surface area contributed by atoms with Gasteiger partial charge in [-0.3, -0.25) is 4.79 Å². The summed E-state index contributed by atoms with van der Waals surface area (Å²) in [6.07, 6.45) is 6.12. The monoisotopic (exact) mass is 380 g/mol. The highest BCUT2D eigenvalue weighted by molar-refractivity contribution is 5.76. The second-order valence-corrected chi connectivity index (χ2v) is 7.69. The number of hydrogen-bond donors (Lipinski definition) is 1. The molecule has 1 amide bonds. The van der Waals surface area contributed by atoms with E-state index in [-0.39, 0.29) is 11.8 Å². The van der Waals surface area contributed by atoms with Crippen LogP contribution in [0.25, 0.3) is 0 Å². The first-order valence-electron chi connectivity index (χ1n) is 10.5. The summed E-state index contributed by atoms with van der Waals surface area (Å²) < 4.78 is 6.08. The highest BCUT2D eigenvalue weighted by atomic mass is 16.5. The molecule has 4 nitrogen and oxygen atoms in total. The highest BCUT2D eigenvalue weighted by Crippen LogP contribution is 2.21. The molecule has 0 aliphatic carbocycles. The van der Waals surface area contributed by atoms with Crippen molar-refractivity contribution in [2.24, 2.45) is 11.7 Å². The molecule has 0 aromatic heterocycles. The summed E-state index contributed by atoms with van der Waals surface area (Å²) in [6.45, 7) is 3.64. The number of amides is 1. The summed E-state index contributed by atoms with van der Waals surface area (Å²) in [5.74, 6) is 0.881. The minimum Gasteiger partial charge on any atom is -0.493 e. The molecule has 2 N–H and O–H groups in total. The van der Waals surface area contributed by atoms with E-state index in [1.54, 1.807) is 0 Å². The van der Waals surface area contributed by atoms with Crippen LogP contribution in [0.2, 0.25) is 0 Å². The Labute approximate surface area is 168 Å². The number of para-hydroxylation sites is 1. The van der Waals surface area contributed by atoms with Crippen LogP contribution in [-0.2, 0) is 17.6 Å². The van der Waals surface area contributed by atoms with Crippen LogP contribution < -0.4 is 10.5 Å². The van der Waals surface area contributed by atoms with Gasteiger partial charge in [-0.05, 0) is 68.8 Å². The van der Waals surface area contributed by atoms with Crippen molar-refractivity contribution in [1.29, 1.82) is 0 Å². The molecule has 2 aromatic carbocycles. The zero-order valence-electron chi connectivity index (χ0n) is 16.7. The summed E-state index contributed by atoms with van der Waals surface area (Å²) in [5.41, 5.74) is 8.09. The van der Waals surface area contributed by atoms with Gasteiger partial charge in [0.1, 0.15) is 5.75 Å². The van der Waals surface area contributed by atoms with Crippen LogP contribution in [0.4, 0.5) is 0 Å². The third kappa shape index (κ3) is 6.38. The number of rotatable bonds is 10. The lowest BCUT2D eigenvalue weighted by molar-refractivity contribution is -0.123. The molecule has 150 valence electrons. The lowest BCUT2D eigenvalue weighted by Gasteiger charge is -2.31. The van der Waals surface area contributed by atoms with Gasteiger partial charge in [-0.2, -0.15) is 0 Å². The summed E-state index contributed by atoms with van der Waals surface area (Å²) in [7, 11) is 0. The van der Waals surface area contributed by atoms with Gasteiger partial charge in [-0.15, -0.1) is 0 Å². The van der Waals surface area contributed by atoms with Gasteiger partial charge in [-0.25, -0.2) is 0 Å². The predicted octanol–water partition coefficient (Wildman–Crippen LogP) is 3.83. The van der Waals surface area contributed by atoms with E-state index in [1.165, 1.54) is 11.1 Å². The minimum atomic E-state index is -0.153. The fourth-order valence-corrected chi connectivity index (χ4v) is 3.89. The quantitative estimate of drug-likeness (QED) is 0.638. The van der Waals surface area contributed by atoms with E-state index in [2.05, 4.69) is 53.4 Å². The predicted molar refractivity (Wildman–Crippen MR) is 113 cm³/mol. The number of aryl methyl sites for hydroxylation is 2. The molecule has 0 spiro atoms.